The van der Waals surface area contributed by atoms with Crippen LogP contribution in [-0.2, 0) is 24.3 Å². The maximum atomic E-state index is 6.79. The molecule has 0 N–H and O–H groups in total. The Balaban J connectivity index is 1.09. The molecule has 0 aromatic carbocycles. The van der Waals surface area contributed by atoms with Crippen LogP contribution in [0.25, 0.3) is 0 Å². The number of hydrogen-bond donors (Lipinski definition) is 0. The summed E-state index contributed by atoms with van der Waals surface area (Å²) in [6.07, 6.45) is 15.2. The Hall–Kier alpha value is -0.460. The quantitative estimate of drug-likeness (QED) is 0.464. The highest BCUT2D eigenvalue weighted by Crippen LogP contribution is 2.68. The summed E-state index contributed by atoms with van der Waals surface area (Å²) < 4.78 is 6.79. The van der Waals surface area contributed by atoms with Gasteiger partial charge < -0.3 is 4.74 Å². The van der Waals surface area contributed by atoms with Crippen molar-refractivity contribution in [3.8, 4) is 0 Å². The van der Waals surface area contributed by atoms with E-state index in [-0.39, 0.29) is 11.2 Å². The van der Waals surface area contributed by atoms with Gasteiger partial charge in [0.1, 0.15) is 11.2 Å². The Morgan fingerprint density at radius 3 is 2.56 bits per heavy atom. The normalized spacial score (nSPS) is 63.1. The molecule has 4 spiro atoms. The predicted molar refractivity (Wildman–Crippen MR) is 94.8 cm³/mol. The van der Waals surface area contributed by atoms with Gasteiger partial charge >= 0.3 is 0 Å². The first-order chi connectivity index (χ1) is 13.0. The Labute approximate surface area is 160 Å². The van der Waals surface area contributed by atoms with Gasteiger partial charge in [0.25, 0.3) is 0 Å². The highest BCUT2D eigenvalue weighted by atomic mass is 17.3. The van der Waals surface area contributed by atoms with Crippen LogP contribution in [0.3, 0.4) is 0 Å². The molecule has 2 heterocycles. The zero-order chi connectivity index (χ0) is 17.9. The van der Waals surface area contributed by atoms with Crippen LogP contribution in [-0.4, -0.2) is 22.8 Å². The van der Waals surface area contributed by atoms with E-state index in [4.69, 9.17) is 24.3 Å². The Morgan fingerprint density at radius 1 is 0.889 bits per heavy atom. The van der Waals surface area contributed by atoms with Gasteiger partial charge in [0, 0.05) is 31.1 Å². The van der Waals surface area contributed by atoms with Crippen LogP contribution >= 0.6 is 0 Å². The van der Waals surface area contributed by atoms with Crippen LogP contribution in [0.1, 0.15) is 71.1 Å². The summed E-state index contributed by atoms with van der Waals surface area (Å²) in [7, 11) is 0. The molecule has 7 fully saturated rings. The fourth-order valence-corrected chi connectivity index (χ4v) is 7.87. The molecule has 6 aliphatic carbocycles. The summed E-state index contributed by atoms with van der Waals surface area (Å²) in [5.74, 6) is 2.27. The van der Waals surface area contributed by atoms with E-state index in [1.54, 1.807) is 0 Å². The van der Waals surface area contributed by atoms with E-state index in [2.05, 4.69) is 19.1 Å². The summed E-state index contributed by atoms with van der Waals surface area (Å²) in [4.78, 5) is 24.1. The third kappa shape index (κ3) is 1.98. The van der Waals surface area contributed by atoms with Crippen LogP contribution < -0.4 is 0 Å². The fourth-order valence-electron chi connectivity index (χ4n) is 7.87. The van der Waals surface area contributed by atoms with E-state index in [0.29, 0.717) is 17.8 Å². The van der Waals surface area contributed by atoms with Gasteiger partial charge in [0.05, 0.1) is 0 Å². The molecule has 2 saturated heterocycles. The molecule has 5 nitrogen and oxygen atoms in total. The third-order valence-electron chi connectivity index (χ3n) is 9.37. The molecule has 27 heavy (non-hydrogen) atoms. The van der Waals surface area contributed by atoms with Gasteiger partial charge in [-0.3, -0.25) is 0 Å². The number of ether oxygens (including phenoxy) is 1. The molecule has 8 aliphatic rings. The van der Waals surface area contributed by atoms with Crippen molar-refractivity contribution in [2.45, 2.75) is 93.9 Å². The Kier molecular flexibility index (Phi) is 3.02. The molecule has 0 aromatic heterocycles. The smallest absolute Gasteiger partial charge is 0.210 e. The minimum absolute atomic E-state index is 0.191. The minimum Gasteiger partial charge on any atom is -0.312 e. The van der Waals surface area contributed by atoms with Gasteiger partial charge in [-0.1, -0.05) is 19.1 Å². The largest absolute Gasteiger partial charge is 0.312 e. The van der Waals surface area contributed by atoms with Crippen LogP contribution in [0.4, 0.5) is 0 Å². The standard InChI is InChI=1S/C22H30O5/c1-14-3-2-4-20(14)13-19(24-25-20)5-7-21(8-6-19)23-22(27-26-21)17-10-15-9-16(12-17)18(22)11-15/h2,4,14-18H,3,5-13H2,1H3. The van der Waals surface area contributed by atoms with Crippen molar-refractivity contribution in [2.24, 2.45) is 29.6 Å². The summed E-state index contributed by atoms with van der Waals surface area (Å²) >= 11 is 0. The zero-order valence-electron chi connectivity index (χ0n) is 16.2. The lowest BCUT2D eigenvalue weighted by Gasteiger charge is -2.42. The minimum atomic E-state index is -0.565. The zero-order valence-corrected chi connectivity index (χ0v) is 16.2. The Bertz CT molecular complexity index is 693. The van der Waals surface area contributed by atoms with Gasteiger partial charge in [-0.15, -0.1) is 0 Å². The van der Waals surface area contributed by atoms with Crippen LogP contribution in [0.15, 0.2) is 12.2 Å². The predicted octanol–water partition coefficient (Wildman–Crippen LogP) is 4.42. The molecular formula is C22H30O5. The first kappa shape index (κ1) is 16.3. The molecule has 5 saturated carbocycles. The molecular weight excluding hydrogens is 344 g/mol. The van der Waals surface area contributed by atoms with E-state index < -0.39 is 11.6 Å². The molecule has 0 amide bonds. The lowest BCUT2D eigenvalue weighted by molar-refractivity contribution is -0.382. The van der Waals surface area contributed by atoms with Gasteiger partial charge in [0.15, 0.2) is 0 Å². The maximum Gasteiger partial charge on any atom is 0.210 e. The topological polar surface area (TPSA) is 46.2 Å². The first-order valence-corrected chi connectivity index (χ1v) is 11.2. The Morgan fingerprint density at radius 2 is 1.78 bits per heavy atom. The second kappa shape index (κ2) is 4.99. The van der Waals surface area contributed by atoms with Crippen molar-refractivity contribution < 1.29 is 24.3 Å². The van der Waals surface area contributed by atoms with Crippen LogP contribution in [0.2, 0.25) is 0 Å². The van der Waals surface area contributed by atoms with Gasteiger partial charge in [-0.2, -0.15) is 9.78 Å². The molecule has 148 valence electrons. The fraction of sp³-hybridized carbons (Fsp3) is 0.909. The molecule has 4 bridgehead atoms. The second-order valence-electron chi connectivity index (χ2n) is 10.8. The van der Waals surface area contributed by atoms with Crippen molar-refractivity contribution in [1.29, 1.82) is 0 Å². The second-order valence-corrected chi connectivity index (χ2v) is 10.8. The van der Waals surface area contributed by atoms with Crippen LogP contribution in [0, 0.1) is 29.6 Å². The third-order valence-corrected chi connectivity index (χ3v) is 9.37. The van der Waals surface area contributed by atoms with Crippen LogP contribution in [0.5, 0.6) is 0 Å². The lowest BCUT2D eigenvalue weighted by Crippen LogP contribution is -2.49. The average molecular weight is 374 g/mol. The van der Waals surface area contributed by atoms with E-state index in [9.17, 15) is 0 Å². The number of allylic oxidation sites excluding steroid dienone is 1. The van der Waals surface area contributed by atoms with E-state index in [1.807, 2.05) is 0 Å². The summed E-state index contributed by atoms with van der Waals surface area (Å²) in [6, 6.07) is 0. The van der Waals surface area contributed by atoms with Crippen molar-refractivity contribution in [3.63, 3.8) is 0 Å². The molecule has 7 unspecified atom stereocenters. The van der Waals surface area contributed by atoms with Crippen molar-refractivity contribution >= 4 is 0 Å². The van der Waals surface area contributed by atoms with E-state index in [0.717, 1.165) is 50.4 Å². The van der Waals surface area contributed by atoms with Gasteiger partial charge in [-0.25, -0.2) is 9.78 Å². The molecule has 0 aromatic rings. The van der Waals surface area contributed by atoms with E-state index in [1.165, 1.54) is 25.7 Å². The highest BCUT2D eigenvalue weighted by Gasteiger charge is 2.71. The average Bonchev–Trinajstić information content (AvgIpc) is 3.42. The number of hydrogen-bond acceptors (Lipinski definition) is 5. The monoisotopic (exact) mass is 374 g/mol. The van der Waals surface area contributed by atoms with Gasteiger partial charge in [0.2, 0.25) is 11.6 Å². The summed E-state index contributed by atoms with van der Waals surface area (Å²) in [6.45, 7) is 2.26. The first-order valence-electron chi connectivity index (χ1n) is 11.2. The molecule has 0 radical (unpaired) electrons. The highest BCUT2D eigenvalue weighted by molar-refractivity contribution is 5.17. The number of rotatable bonds is 0. The molecule has 2 aliphatic heterocycles. The SMILES string of the molecule is CC1CC=CC12CC1(CCC3(CC1)OOC1(O3)C3CC4CC(C3)C1C4)OO2. The van der Waals surface area contributed by atoms with Crippen molar-refractivity contribution in [2.75, 3.05) is 0 Å². The summed E-state index contributed by atoms with van der Waals surface area (Å²) in [5, 5.41) is 0. The van der Waals surface area contributed by atoms with Crippen molar-refractivity contribution in [3.05, 3.63) is 12.2 Å². The molecule has 7 atom stereocenters. The maximum absolute atomic E-state index is 6.79. The molecule has 5 heteroatoms. The van der Waals surface area contributed by atoms with E-state index >= 15 is 0 Å². The summed E-state index contributed by atoms with van der Waals surface area (Å²) in [5.41, 5.74) is -0.410. The van der Waals surface area contributed by atoms with Crippen molar-refractivity contribution in [1.82, 2.24) is 0 Å². The lowest BCUT2D eigenvalue weighted by atomic mass is 9.73. The van der Waals surface area contributed by atoms with Gasteiger partial charge in [-0.05, 0) is 62.7 Å². The molecule has 8 rings (SSSR count).